The highest BCUT2D eigenvalue weighted by Gasteiger charge is 2.16. The van der Waals surface area contributed by atoms with Gasteiger partial charge in [-0.05, 0) is 24.0 Å². The molecule has 0 saturated carbocycles. The molecule has 2 aromatic carbocycles. The van der Waals surface area contributed by atoms with E-state index in [4.69, 9.17) is 4.98 Å². The minimum Gasteiger partial charge on any atom is -0.305 e. The molecule has 4 aromatic rings. The molecule has 154 valence electrons. The average molecular weight is 435 g/mol. The van der Waals surface area contributed by atoms with Crippen LogP contribution in [-0.4, -0.2) is 19.7 Å². The van der Waals surface area contributed by atoms with E-state index in [9.17, 15) is 0 Å². The zero-order chi connectivity index (χ0) is 21.3. The fourth-order valence-electron chi connectivity index (χ4n) is 3.23. The van der Waals surface area contributed by atoms with Crippen LogP contribution < -0.4 is 0 Å². The van der Waals surface area contributed by atoms with Crippen LogP contribution in [0.2, 0.25) is 0 Å². The van der Waals surface area contributed by atoms with Crippen molar-refractivity contribution in [2.45, 2.75) is 44.0 Å². The standard InChI is InChI=1S/C24H26N4S2/c1-16-7-6-8-18(13-16)22-25-20(14-29-22)15-30-23-27-26-21(28(23)5)17-9-11-19(12-10-17)24(2,3)4/h6-14H,15H2,1-5H3. The van der Waals surface area contributed by atoms with Gasteiger partial charge in [-0.25, -0.2) is 4.98 Å². The molecule has 4 nitrogen and oxygen atoms in total. The van der Waals surface area contributed by atoms with Crippen LogP contribution in [0.15, 0.2) is 59.1 Å². The molecule has 4 rings (SSSR count). The zero-order valence-electron chi connectivity index (χ0n) is 18.0. The van der Waals surface area contributed by atoms with Crippen LogP contribution in [-0.2, 0) is 18.2 Å². The Hall–Kier alpha value is -2.44. The van der Waals surface area contributed by atoms with Crippen molar-refractivity contribution >= 4 is 23.1 Å². The zero-order valence-corrected chi connectivity index (χ0v) is 19.6. The first-order valence-corrected chi connectivity index (χ1v) is 11.8. The summed E-state index contributed by atoms with van der Waals surface area (Å²) in [6.45, 7) is 8.78. The van der Waals surface area contributed by atoms with Gasteiger partial charge >= 0.3 is 0 Å². The van der Waals surface area contributed by atoms with Crippen LogP contribution in [0.3, 0.4) is 0 Å². The molecule has 0 aliphatic rings. The van der Waals surface area contributed by atoms with Crippen molar-refractivity contribution in [3.63, 3.8) is 0 Å². The van der Waals surface area contributed by atoms with Crippen LogP contribution >= 0.6 is 23.1 Å². The van der Waals surface area contributed by atoms with Crippen LogP contribution in [0.1, 0.15) is 37.6 Å². The molecule has 0 spiro atoms. The second-order valence-corrected chi connectivity index (χ2v) is 10.3. The highest BCUT2D eigenvalue weighted by atomic mass is 32.2. The third-order valence-electron chi connectivity index (χ3n) is 5.01. The third-order valence-corrected chi connectivity index (χ3v) is 7.00. The summed E-state index contributed by atoms with van der Waals surface area (Å²) < 4.78 is 2.06. The quantitative estimate of drug-likeness (QED) is 0.336. The molecular formula is C24H26N4S2. The van der Waals surface area contributed by atoms with Gasteiger partial charge in [-0.2, -0.15) is 0 Å². The molecule has 0 atom stereocenters. The first-order chi connectivity index (χ1) is 14.3. The summed E-state index contributed by atoms with van der Waals surface area (Å²) in [4.78, 5) is 4.80. The molecule has 6 heteroatoms. The first kappa shape index (κ1) is 20.8. The summed E-state index contributed by atoms with van der Waals surface area (Å²) in [5.74, 6) is 1.66. The largest absolute Gasteiger partial charge is 0.305 e. The van der Waals surface area contributed by atoms with Crippen LogP contribution in [0, 0.1) is 6.92 Å². The lowest BCUT2D eigenvalue weighted by molar-refractivity contribution is 0.590. The van der Waals surface area contributed by atoms with Crippen molar-refractivity contribution in [3.8, 4) is 22.0 Å². The Kier molecular flexibility index (Phi) is 5.80. The number of hydrogen-bond donors (Lipinski definition) is 0. The molecule has 0 fully saturated rings. The molecule has 0 N–H and O–H groups in total. The molecule has 0 bridgehead atoms. The maximum Gasteiger partial charge on any atom is 0.191 e. The lowest BCUT2D eigenvalue weighted by Gasteiger charge is -2.19. The van der Waals surface area contributed by atoms with E-state index in [0.29, 0.717) is 0 Å². The monoisotopic (exact) mass is 434 g/mol. The van der Waals surface area contributed by atoms with Crippen molar-refractivity contribution in [1.29, 1.82) is 0 Å². The van der Waals surface area contributed by atoms with E-state index in [0.717, 1.165) is 33.0 Å². The van der Waals surface area contributed by atoms with Crippen molar-refractivity contribution in [3.05, 3.63) is 70.7 Å². The van der Waals surface area contributed by atoms with E-state index < -0.39 is 0 Å². The maximum absolute atomic E-state index is 4.80. The Balaban J connectivity index is 1.46. The number of hydrogen-bond acceptors (Lipinski definition) is 5. The van der Waals surface area contributed by atoms with Gasteiger partial charge in [0.25, 0.3) is 0 Å². The molecule has 0 aliphatic heterocycles. The molecule has 2 heterocycles. The number of benzene rings is 2. The minimum absolute atomic E-state index is 0.143. The Morgan fingerprint density at radius 2 is 1.77 bits per heavy atom. The van der Waals surface area contributed by atoms with E-state index in [1.807, 2.05) is 7.05 Å². The maximum atomic E-state index is 4.80. The van der Waals surface area contributed by atoms with Gasteiger partial charge in [0.05, 0.1) is 5.69 Å². The van der Waals surface area contributed by atoms with E-state index in [-0.39, 0.29) is 5.41 Å². The molecule has 2 aromatic heterocycles. The van der Waals surface area contributed by atoms with Gasteiger partial charge in [0, 0.05) is 29.3 Å². The number of thiazole rings is 1. The third kappa shape index (κ3) is 4.50. The van der Waals surface area contributed by atoms with Crippen LogP contribution in [0.5, 0.6) is 0 Å². The molecule has 0 aliphatic carbocycles. The molecule has 0 radical (unpaired) electrons. The number of aryl methyl sites for hydroxylation is 1. The first-order valence-electron chi connectivity index (χ1n) is 9.96. The summed E-state index contributed by atoms with van der Waals surface area (Å²) in [5, 5.41) is 12.9. The Bertz CT molecular complexity index is 1150. The van der Waals surface area contributed by atoms with Crippen LogP contribution in [0.25, 0.3) is 22.0 Å². The van der Waals surface area contributed by atoms with Gasteiger partial charge in [-0.15, -0.1) is 21.5 Å². The van der Waals surface area contributed by atoms with Gasteiger partial charge in [0.1, 0.15) is 5.01 Å². The van der Waals surface area contributed by atoms with E-state index in [1.54, 1.807) is 23.1 Å². The van der Waals surface area contributed by atoms with Gasteiger partial charge < -0.3 is 4.57 Å². The summed E-state index contributed by atoms with van der Waals surface area (Å²) in [7, 11) is 2.02. The lowest BCUT2D eigenvalue weighted by atomic mass is 9.87. The number of thioether (sulfide) groups is 1. The van der Waals surface area contributed by atoms with E-state index in [2.05, 4.69) is 96.4 Å². The van der Waals surface area contributed by atoms with Crippen molar-refractivity contribution in [1.82, 2.24) is 19.7 Å². The SMILES string of the molecule is Cc1cccc(-c2nc(CSc3nnc(-c4ccc(C(C)(C)C)cc4)n3C)cs2)c1. The van der Waals surface area contributed by atoms with Crippen molar-refractivity contribution in [2.24, 2.45) is 7.05 Å². The summed E-state index contributed by atoms with van der Waals surface area (Å²) in [6.07, 6.45) is 0. The molecule has 0 amide bonds. The second-order valence-electron chi connectivity index (χ2n) is 8.49. The van der Waals surface area contributed by atoms with E-state index in [1.165, 1.54) is 16.7 Å². The predicted molar refractivity (Wildman–Crippen MR) is 127 cm³/mol. The van der Waals surface area contributed by atoms with Crippen molar-refractivity contribution in [2.75, 3.05) is 0 Å². The van der Waals surface area contributed by atoms with Gasteiger partial charge in [0.2, 0.25) is 0 Å². The predicted octanol–water partition coefficient (Wildman–Crippen LogP) is 6.50. The Morgan fingerprint density at radius 3 is 2.47 bits per heavy atom. The van der Waals surface area contributed by atoms with Crippen molar-refractivity contribution < 1.29 is 0 Å². The highest BCUT2D eigenvalue weighted by molar-refractivity contribution is 7.98. The fourth-order valence-corrected chi connectivity index (χ4v) is 4.96. The molecule has 0 unspecified atom stereocenters. The topological polar surface area (TPSA) is 43.6 Å². The smallest absolute Gasteiger partial charge is 0.191 e. The van der Waals surface area contributed by atoms with Crippen LogP contribution in [0.4, 0.5) is 0 Å². The summed E-state index contributed by atoms with van der Waals surface area (Å²) >= 11 is 3.36. The van der Waals surface area contributed by atoms with Gasteiger partial charge in [-0.1, -0.05) is 80.6 Å². The second kappa shape index (κ2) is 8.36. The average Bonchev–Trinajstić information content (AvgIpc) is 3.33. The molecule has 0 saturated heterocycles. The molecule has 30 heavy (non-hydrogen) atoms. The van der Waals surface area contributed by atoms with E-state index >= 15 is 0 Å². The lowest BCUT2D eigenvalue weighted by Crippen LogP contribution is -2.10. The summed E-state index contributed by atoms with van der Waals surface area (Å²) in [5.41, 5.74) is 6.04. The van der Waals surface area contributed by atoms with Gasteiger partial charge in [-0.3, -0.25) is 0 Å². The van der Waals surface area contributed by atoms with Gasteiger partial charge in [0.15, 0.2) is 11.0 Å². The Labute approximate surface area is 186 Å². The summed E-state index contributed by atoms with van der Waals surface area (Å²) in [6, 6.07) is 17.1. The molecular weight excluding hydrogens is 408 g/mol. The normalized spacial score (nSPS) is 11.8. The number of nitrogens with zero attached hydrogens (tertiary/aromatic N) is 4. The fraction of sp³-hybridized carbons (Fsp3) is 0.292. The number of aromatic nitrogens is 4. The minimum atomic E-state index is 0.143. The highest BCUT2D eigenvalue weighted by Crippen LogP contribution is 2.30. The Morgan fingerprint density at radius 1 is 1.00 bits per heavy atom. The number of rotatable bonds is 5.